The third kappa shape index (κ3) is 6.40. The molecule has 9 nitrogen and oxygen atoms in total. The molecule has 9 heteroatoms. The number of nitrogens with zero attached hydrogens (tertiary/aromatic N) is 3. The predicted octanol–water partition coefficient (Wildman–Crippen LogP) is 4.86. The molecule has 0 amide bonds. The molecule has 2 aromatic heterocycles. The Labute approximate surface area is 222 Å². The van der Waals surface area contributed by atoms with E-state index in [-0.39, 0.29) is 36.4 Å². The molecule has 0 bridgehead atoms. The van der Waals surface area contributed by atoms with E-state index >= 15 is 0 Å². The molecule has 3 aromatic rings. The lowest BCUT2D eigenvalue weighted by molar-refractivity contribution is -0.136. The van der Waals surface area contributed by atoms with Crippen LogP contribution >= 0.6 is 0 Å². The number of aliphatic carboxylic acids is 1. The van der Waals surface area contributed by atoms with Gasteiger partial charge in [0.25, 0.3) is 0 Å². The maximum atomic E-state index is 11.7. The van der Waals surface area contributed by atoms with Crippen molar-refractivity contribution in [2.75, 3.05) is 31.2 Å². The second-order valence-corrected chi connectivity index (χ2v) is 10.2. The van der Waals surface area contributed by atoms with Crippen molar-refractivity contribution in [3.8, 4) is 22.8 Å². The number of rotatable bonds is 10. The van der Waals surface area contributed by atoms with E-state index in [0.717, 1.165) is 42.7 Å². The van der Waals surface area contributed by atoms with Gasteiger partial charge in [0.1, 0.15) is 30.3 Å². The van der Waals surface area contributed by atoms with Gasteiger partial charge < -0.3 is 24.6 Å². The molecule has 1 aromatic carbocycles. The van der Waals surface area contributed by atoms with Gasteiger partial charge in [0.15, 0.2) is 0 Å². The van der Waals surface area contributed by atoms with E-state index in [0.29, 0.717) is 17.1 Å². The largest absolute Gasteiger partial charge is 0.489 e. The zero-order chi connectivity index (χ0) is 27.3. The van der Waals surface area contributed by atoms with Crippen LogP contribution in [0.3, 0.4) is 0 Å². The fraction of sp³-hybridized carbons (Fsp3) is 0.379. The minimum atomic E-state index is -1.05. The van der Waals surface area contributed by atoms with Gasteiger partial charge >= 0.3 is 11.9 Å². The molecule has 1 saturated heterocycles. The van der Waals surface area contributed by atoms with Crippen molar-refractivity contribution in [1.29, 1.82) is 0 Å². The average molecular weight is 520 g/mol. The van der Waals surface area contributed by atoms with Gasteiger partial charge in [-0.2, -0.15) is 0 Å². The lowest BCUT2D eigenvalue weighted by Gasteiger charge is -2.40. The molecule has 1 fully saturated rings. The normalized spacial score (nSPS) is 14.7. The number of ether oxygens (including phenoxy) is 2. The van der Waals surface area contributed by atoms with Gasteiger partial charge in [-0.1, -0.05) is 26.0 Å². The summed E-state index contributed by atoms with van der Waals surface area (Å²) in [5.41, 5.74) is 4.15. The predicted molar refractivity (Wildman–Crippen MR) is 143 cm³/mol. The molecule has 0 radical (unpaired) electrons. The van der Waals surface area contributed by atoms with Crippen LogP contribution in [0.25, 0.3) is 11.3 Å². The first-order valence-corrected chi connectivity index (χ1v) is 12.6. The van der Waals surface area contributed by atoms with E-state index in [1.165, 1.54) is 6.07 Å². The minimum absolute atomic E-state index is 0.0977. The van der Waals surface area contributed by atoms with Gasteiger partial charge in [0, 0.05) is 36.1 Å². The summed E-state index contributed by atoms with van der Waals surface area (Å²) in [7, 11) is 0. The van der Waals surface area contributed by atoms with Crippen molar-refractivity contribution < 1.29 is 29.3 Å². The maximum absolute atomic E-state index is 11.7. The van der Waals surface area contributed by atoms with Crippen LogP contribution in [0.15, 0.2) is 48.8 Å². The molecular weight excluding hydrogens is 486 g/mol. The van der Waals surface area contributed by atoms with Crippen molar-refractivity contribution in [2.24, 2.45) is 5.41 Å². The highest BCUT2D eigenvalue weighted by Crippen LogP contribution is 2.39. The molecule has 0 atom stereocenters. The molecule has 1 aliphatic heterocycles. The number of aromatic nitrogens is 2. The molecule has 0 aliphatic carbocycles. The maximum Gasteiger partial charge on any atom is 0.339 e. The van der Waals surface area contributed by atoms with Crippen LogP contribution in [0.1, 0.15) is 48.3 Å². The van der Waals surface area contributed by atoms with Gasteiger partial charge in [-0.05, 0) is 49.4 Å². The van der Waals surface area contributed by atoms with Gasteiger partial charge in [-0.3, -0.25) is 14.8 Å². The lowest BCUT2D eigenvalue weighted by Crippen LogP contribution is -2.38. The fourth-order valence-corrected chi connectivity index (χ4v) is 4.59. The third-order valence-corrected chi connectivity index (χ3v) is 6.87. The third-order valence-electron chi connectivity index (χ3n) is 6.87. The summed E-state index contributed by atoms with van der Waals surface area (Å²) in [5.74, 6) is -1.12. The Bertz CT molecular complexity index is 1300. The summed E-state index contributed by atoms with van der Waals surface area (Å²) < 4.78 is 11.3. The zero-order valence-electron chi connectivity index (χ0n) is 21.9. The quantitative estimate of drug-likeness (QED) is 0.362. The van der Waals surface area contributed by atoms with Crippen molar-refractivity contribution in [2.45, 2.75) is 40.0 Å². The first kappa shape index (κ1) is 26.9. The van der Waals surface area contributed by atoms with E-state index in [1.807, 2.05) is 13.0 Å². The highest BCUT2D eigenvalue weighted by molar-refractivity contribution is 5.90. The number of benzene rings is 1. The number of aryl methyl sites for hydroxylation is 1. The Balaban J connectivity index is 1.50. The topological polar surface area (TPSA) is 122 Å². The summed E-state index contributed by atoms with van der Waals surface area (Å²) in [5, 5.41) is 18.9. The number of carbonyl (C=O) groups is 2. The smallest absolute Gasteiger partial charge is 0.339 e. The monoisotopic (exact) mass is 519 g/mol. The van der Waals surface area contributed by atoms with Crippen LogP contribution in [-0.2, 0) is 11.2 Å². The number of para-hydroxylation sites is 1. The first-order valence-electron chi connectivity index (χ1n) is 12.6. The number of anilines is 1. The summed E-state index contributed by atoms with van der Waals surface area (Å²) in [6, 6.07) is 10.1. The number of carboxylic acid groups (broad SMARTS) is 2. The van der Waals surface area contributed by atoms with Crippen molar-refractivity contribution in [1.82, 2.24) is 9.97 Å². The van der Waals surface area contributed by atoms with E-state index in [9.17, 15) is 19.8 Å². The summed E-state index contributed by atoms with van der Waals surface area (Å²) >= 11 is 0. The van der Waals surface area contributed by atoms with Crippen LogP contribution in [0.5, 0.6) is 11.5 Å². The molecule has 200 valence electrons. The molecular formula is C29H33N3O6. The van der Waals surface area contributed by atoms with Crippen LogP contribution < -0.4 is 14.4 Å². The van der Waals surface area contributed by atoms with Crippen LogP contribution in [0.2, 0.25) is 0 Å². The van der Waals surface area contributed by atoms with E-state index in [1.54, 1.807) is 36.7 Å². The molecule has 3 heterocycles. The van der Waals surface area contributed by atoms with Gasteiger partial charge in [-0.25, -0.2) is 4.79 Å². The minimum Gasteiger partial charge on any atom is -0.489 e. The van der Waals surface area contributed by atoms with Crippen LogP contribution in [0, 0.1) is 12.3 Å². The average Bonchev–Trinajstić information content (AvgIpc) is 2.88. The van der Waals surface area contributed by atoms with E-state index in [2.05, 4.69) is 28.7 Å². The molecule has 0 saturated carbocycles. The summed E-state index contributed by atoms with van der Waals surface area (Å²) in [6.45, 7) is 8.42. The highest BCUT2D eigenvalue weighted by Gasteiger charge is 2.29. The molecule has 1 aliphatic rings. The second-order valence-electron chi connectivity index (χ2n) is 10.2. The Morgan fingerprint density at radius 3 is 2.34 bits per heavy atom. The van der Waals surface area contributed by atoms with Crippen LogP contribution in [-0.4, -0.2) is 58.4 Å². The Morgan fingerprint density at radius 2 is 1.68 bits per heavy atom. The van der Waals surface area contributed by atoms with Crippen molar-refractivity contribution in [3.05, 3.63) is 65.6 Å². The highest BCUT2D eigenvalue weighted by atomic mass is 16.5. The standard InChI is InChI=1S/C29H33N3O6/c1-19-22(16-26(33)34)27(32-12-10-29(2,3)11-13-32)23(18-30-19)24-9-8-20(17-31-24)37-14-15-38-25-7-5-4-6-21(25)28(35)36/h4-9,17-18H,10-16H2,1-3H3,(H,33,34)(H,35,36). The summed E-state index contributed by atoms with van der Waals surface area (Å²) in [4.78, 5) is 34.4. The molecule has 38 heavy (non-hydrogen) atoms. The molecule has 0 unspecified atom stereocenters. The number of pyridine rings is 2. The lowest BCUT2D eigenvalue weighted by atomic mass is 9.82. The number of hydrogen-bond donors (Lipinski definition) is 2. The molecule has 2 N–H and O–H groups in total. The Kier molecular flexibility index (Phi) is 8.14. The van der Waals surface area contributed by atoms with Gasteiger partial charge in [0.2, 0.25) is 0 Å². The fourth-order valence-electron chi connectivity index (χ4n) is 4.59. The summed E-state index contributed by atoms with van der Waals surface area (Å²) in [6.07, 6.45) is 5.31. The first-order chi connectivity index (χ1) is 18.1. The van der Waals surface area contributed by atoms with Crippen LogP contribution in [0.4, 0.5) is 5.69 Å². The van der Waals surface area contributed by atoms with Gasteiger partial charge in [0.05, 0.1) is 24.0 Å². The number of hydrogen-bond acceptors (Lipinski definition) is 7. The number of aromatic carboxylic acids is 1. The number of piperidine rings is 1. The SMILES string of the molecule is Cc1ncc(-c2ccc(OCCOc3ccccc3C(=O)O)cn2)c(N2CCC(C)(C)CC2)c1CC(=O)O. The Morgan fingerprint density at radius 1 is 0.974 bits per heavy atom. The molecule has 4 rings (SSSR count). The second kappa shape index (κ2) is 11.5. The molecule has 0 spiro atoms. The van der Waals surface area contributed by atoms with Crippen molar-refractivity contribution in [3.63, 3.8) is 0 Å². The zero-order valence-corrected chi connectivity index (χ0v) is 21.9. The van der Waals surface area contributed by atoms with Crippen molar-refractivity contribution >= 4 is 17.6 Å². The Hall–Kier alpha value is -4.14. The number of carboxylic acids is 2. The van der Waals surface area contributed by atoms with Gasteiger partial charge in [-0.15, -0.1) is 0 Å². The van der Waals surface area contributed by atoms with E-state index in [4.69, 9.17) is 9.47 Å². The van der Waals surface area contributed by atoms with E-state index < -0.39 is 11.9 Å².